The van der Waals surface area contributed by atoms with Crippen LogP contribution in [-0.2, 0) is 6.54 Å². The Hall–Kier alpha value is -3.55. The zero-order chi connectivity index (χ0) is 21.1. The summed E-state index contributed by atoms with van der Waals surface area (Å²) in [6.07, 6.45) is 5.12. The summed E-state index contributed by atoms with van der Waals surface area (Å²) in [5.74, 6) is 0.887. The number of fused-ring (bicyclic) bond motifs is 5. The van der Waals surface area contributed by atoms with Gasteiger partial charge in [0, 0.05) is 18.8 Å². The van der Waals surface area contributed by atoms with E-state index in [2.05, 4.69) is 9.88 Å². The van der Waals surface area contributed by atoms with Crippen LogP contribution in [0.4, 0.5) is 10.2 Å². The Bertz CT molecular complexity index is 1220. The molecular formula is C23H21FN6O. The highest BCUT2D eigenvalue weighted by atomic mass is 19.1. The quantitative estimate of drug-likeness (QED) is 0.615. The molecule has 8 heteroatoms. The van der Waals surface area contributed by atoms with Crippen LogP contribution in [0.1, 0.15) is 35.2 Å². The Balaban J connectivity index is 1.29. The lowest BCUT2D eigenvalue weighted by molar-refractivity contribution is 0.0865. The molecule has 0 saturated heterocycles. The number of hydrogen-bond acceptors (Lipinski definition) is 5. The van der Waals surface area contributed by atoms with Crippen molar-refractivity contribution in [2.75, 3.05) is 11.9 Å². The van der Waals surface area contributed by atoms with Gasteiger partial charge in [0.05, 0.1) is 24.3 Å². The van der Waals surface area contributed by atoms with Crippen molar-refractivity contribution in [3.8, 4) is 11.3 Å². The number of benzene rings is 1. The van der Waals surface area contributed by atoms with E-state index in [4.69, 9.17) is 10.1 Å². The summed E-state index contributed by atoms with van der Waals surface area (Å²) in [5.41, 5.74) is 3.11. The maximum absolute atomic E-state index is 13.4. The van der Waals surface area contributed by atoms with Crippen LogP contribution in [-0.4, -0.2) is 50.7 Å². The number of amides is 1. The zero-order valence-corrected chi connectivity index (χ0v) is 17.1. The first kappa shape index (κ1) is 18.2. The van der Waals surface area contributed by atoms with Gasteiger partial charge in [-0.15, -0.1) is 0 Å². The third kappa shape index (κ3) is 2.85. The Morgan fingerprint density at radius 3 is 2.77 bits per heavy atom. The van der Waals surface area contributed by atoms with E-state index in [9.17, 15) is 9.18 Å². The fourth-order valence-electron chi connectivity index (χ4n) is 4.86. The summed E-state index contributed by atoms with van der Waals surface area (Å²) in [6, 6.07) is 13.1. The van der Waals surface area contributed by atoms with Gasteiger partial charge in [-0.25, -0.2) is 9.98 Å². The van der Waals surface area contributed by atoms with Gasteiger partial charge < -0.3 is 0 Å². The predicted octanol–water partition coefficient (Wildman–Crippen LogP) is 3.32. The largest absolute Gasteiger partial charge is 0.289 e. The number of rotatable bonds is 3. The van der Waals surface area contributed by atoms with Crippen LogP contribution in [0.2, 0.25) is 0 Å². The monoisotopic (exact) mass is 416 g/mol. The van der Waals surface area contributed by atoms with Gasteiger partial charge in [0.1, 0.15) is 5.56 Å². The molecule has 2 atom stereocenters. The molecule has 156 valence electrons. The molecule has 6 rings (SSSR count). The molecule has 2 unspecified atom stereocenters. The number of halogens is 1. The number of carbonyl (C=O) groups excluding carboxylic acids is 1. The standard InChI is InChI=1S/C23H21FN6O/c1-28-22(31)16-13-29(27-21(16)30-19-6-2-5-18(19)26-23(28)30)12-14-8-10-15(11-9-14)17-4-3-7-20(24)25-17/h3-4,7-11,13,18-19H,2,5-6,12H2,1H3. The molecule has 2 aliphatic heterocycles. The number of pyridine rings is 1. The first-order chi connectivity index (χ1) is 15.1. The van der Waals surface area contributed by atoms with Gasteiger partial charge in [-0.2, -0.15) is 9.49 Å². The molecule has 1 saturated carbocycles. The second-order valence-corrected chi connectivity index (χ2v) is 8.34. The van der Waals surface area contributed by atoms with Gasteiger partial charge in [0.15, 0.2) is 5.82 Å². The maximum atomic E-state index is 13.4. The van der Waals surface area contributed by atoms with E-state index in [-0.39, 0.29) is 11.9 Å². The summed E-state index contributed by atoms with van der Waals surface area (Å²) in [7, 11) is 1.79. The lowest BCUT2D eigenvalue weighted by Gasteiger charge is -2.33. The van der Waals surface area contributed by atoms with Crippen LogP contribution in [0.3, 0.4) is 0 Å². The van der Waals surface area contributed by atoms with Gasteiger partial charge in [0.2, 0.25) is 11.9 Å². The smallest absolute Gasteiger partial charge is 0.265 e. The minimum Gasteiger partial charge on any atom is -0.289 e. The molecule has 3 aliphatic rings. The number of anilines is 1. The summed E-state index contributed by atoms with van der Waals surface area (Å²) in [5, 5.41) is 4.78. The highest BCUT2D eigenvalue weighted by Gasteiger charge is 2.48. The van der Waals surface area contributed by atoms with E-state index in [1.54, 1.807) is 24.1 Å². The minimum absolute atomic E-state index is 0.0660. The van der Waals surface area contributed by atoms with Crippen molar-refractivity contribution in [1.82, 2.24) is 19.7 Å². The Kier molecular flexibility index (Phi) is 3.96. The Morgan fingerprint density at radius 1 is 1.13 bits per heavy atom. The number of guanidine groups is 1. The van der Waals surface area contributed by atoms with E-state index < -0.39 is 5.95 Å². The molecule has 3 aromatic rings. The first-order valence-electron chi connectivity index (χ1n) is 10.5. The number of nitrogens with zero attached hydrogens (tertiary/aromatic N) is 6. The highest BCUT2D eigenvalue weighted by Crippen LogP contribution is 2.39. The molecule has 0 N–H and O–H groups in total. The van der Waals surface area contributed by atoms with E-state index >= 15 is 0 Å². The van der Waals surface area contributed by atoms with E-state index in [1.807, 2.05) is 35.1 Å². The number of carbonyl (C=O) groups is 1. The van der Waals surface area contributed by atoms with Crippen molar-refractivity contribution < 1.29 is 9.18 Å². The van der Waals surface area contributed by atoms with Crippen LogP contribution in [0, 0.1) is 5.95 Å². The highest BCUT2D eigenvalue weighted by molar-refractivity contribution is 6.18. The Morgan fingerprint density at radius 2 is 1.97 bits per heavy atom. The second kappa shape index (κ2) is 6.73. The van der Waals surface area contributed by atoms with Crippen LogP contribution >= 0.6 is 0 Å². The number of hydrogen-bond donors (Lipinski definition) is 0. The summed E-state index contributed by atoms with van der Waals surface area (Å²) in [4.78, 5) is 25.4. The average molecular weight is 416 g/mol. The molecule has 4 heterocycles. The third-order valence-corrected chi connectivity index (χ3v) is 6.39. The molecule has 1 aromatic carbocycles. The number of aliphatic imine (C=N–C) groups is 1. The SMILES string of the molecule is CN1C(=O)c2cn(Cc3ccc(-c4cccc(F)n4)cc3)nc2N2C1=NC1CCCC12. The van der Waals surface area contributed by atoms with E-state index in [0.29, 0.717) is 23.8 Å². The van der Waals surface area contributed by atoms with Gasteiger partial charge in [0.25, 0.3) is 5.91 Å². The van der Waals surface area contributed by atoms with Crippen molar-refractivity contribution >= 4 is 17.7 Å². The zero-order valence-electron chi connectivity index (χ0n) is 17.1. The van der Waals surface area contributed by atoms with Crippen LogP contribution < -0.4 is 4.90 Å². The van der Waals surface area contributed by atoms with Crippen molar-refractivity contribution in [1.29, 1.82) is 0 Å². The summed E-state index contributed by atoms with van der Waals surface area (Å²) in [6.45, 7) is 0.537. The fraction of sp³-hybridized carbons (Fsp3) is 0.304. The van der Waals surface area contributed by atoms with Gasteiger partial charge in [-0.05, 0) is 37.0 Å². The predicted molar refractivity (Wildman–Crippen MR) is 114 cm³/mol. The topological polar surface area (TPSA) is 66.6 Å². The molecule has 7 nitrogen and oxygen atoms in total. The minimum atomic E-state index is -0.493. The fourth-order valence-corrected chi connectivity index (χ4v) is 4.86. The molecule has 1 aliphatic carbocycles. The lowest BCUT2D eigenvalue weighted by Crippen LogP contribution is -2.51. The maximum Gasteiger partial charge on any atom is 0.265 e. The lowest BCUT2D eigenvalue weighted by atomic mass is 10.1. The average Bonchev–Trinajstić information content (AvgIpc) is 3.47. The molecule has 31 heavy (non-hydrogen) atoms. The van der Waals surface area contributed by atoms with Crippen LogP contribution in [0.15, 0.2) is 53.7 Å². The van der Waals surface area contributed by atoms with Gasteiger partial charge in [-0.1, -0.05) is 30.3 Å². The molecule has 0 spiro atoms. The van der Waals surface area contributed by atoms with Crippen LogP contribution in [0.25, 0.3) is 11.3 Å². The van der Waals surface area contributed by atoms with Gasteiger partial charge in [-0.3, -0.25) is 19.3 Å². The van der Waals surface area contributed by atoms with Crippen LogP contribution in [0.5, 0.6) is 0 Å². The second-order valence-electron chi connectivity index (χ2n) is 8.34. The molecule has 1 fully saturated rings. The van der Waals surface area contributed by atoms with Gasteiger partial charge >= 0.3 is 0 Å². The molecule has 2 aromatic heterocycles. The third-order valence-electron chi connectivity index (χ3n) is 6.39. The Labute approximate surface area is 178 Å². The molecule has 1 amide bonds. The summed E-state index contributed by atoms with van der Waals surface area (Å²) < 4.78 is 15.2. The first-order valence-corrected chi connectivity index (χ1v) is 10.5. The van der Waals surface area contributed by atoms with Crippen molar-refractivity contribution in [3.05, 3.63) is 65.7 Å². The van der Waals surface area contributed by atoms with Crippen molar-refractivity contribution in [2.24, 2.45) is 4.99 Å². The van der Waals surface area contributed by atoms with E-state index in [0.717, 1.165) is 42.2 Å². The van der Waals surface area contributed by atoms with Crippen molar-refractivity contribution in [3.63, 3.8) is 0 Å². The van der Waals surface area contributed by atoms with Crippen molar-refractivity contribution in [2.45, 2.75) is 37.9 Å². The molecule has 0 radical (unpaired) electrons. The molecule has 0 bridgehead atoms. The molecular weight excluding hydrogens is 395 g/mol. The van der Waals surface area contributed by atoms with E-state index in [1.165, 1.54) is 6.07 Å². The normalized spacial score (nSPS) is 21.7. The number of aromatic nitrogens is 3. The summed E-state index contributed by atoms with van der Waals surface area (Å²) >= 11 is 0.